The average Bonchev–Trinajstić information content (AvgIpc) is 2.89. The van der Waals surface area contributed by atoms with Crippen LogP contribution < -0.4 is 18.9 Å². The van der Waals surface area contributed by atoms with Gasteiger partial charge in [0.1, 0.15) is 17.2 Å². The van der Waals surface area contributed by atoms with Gasteiger partial charge in [0.15, 0.2) is 11.5 Å². The molecule has 1 aliphatic heterocycles. The molecule has 1 heterocycles. The van der Waals surface area contributed by atoms with Crippen LogP contribution in [0.5, 0.6) is 28.7 Å². The van der Waals surface area contributed by atoms with Crippen molar-refractivity contribution in [3.63, 3.8) is 0 Å². The van der Waals surface area contributed by atoms with Gasteiger partial charge in [-0.3, -0.25) is 4.79 Å². The lowest BCUT2D eigenvalue weighted by atomic mass is 9.91. The van der Waals surface area contributed by atoms with E-state index in [0.29, 0.717) is 35.2 Å². The zero-order chi connectivity index (χ0) is 18.9. The van der Waals surface area contributed by atoms with Crippen molar-refractivity contribution in [3.05, 3.63) is 42.5 Å². The second-order valence-corrected chi connectivity index (χ2v) is 7.41. The van der Waals surface area contributed by atoms with Crippen LogP contribution in [0.15, 0.2) is 42.5 Å². The Morgan fingerprint density at radius 2 is 1.54 bits per heavy atom. The monoisotopic (exact) mass is 356 g/mol. The number of hydrogen-bond donors (Lipinski definition) is 0. The van der Waals surface area contributed by atoms with E-state index in [-0.39, 0.29) is 5.97 Å². The summed E-state index contributed by atoms with van der Waals surface area (Å²) in [5, 5.41) is 0. The largest absolute Gasteiger partial charge is 0.457 e. The fourth-order valence-electron chi connectivity index (χ4n) is 2.37. The first-order valence-electron chi connectivity index (χ1n) is 8.71. The predicted molar refractivity (Wildman–Crippen MR) is 98.0 cm³/mol. The van der Waals surface area contributed by atoms with E-state index in [1.165, 1.54) is 0 Å². The summed E-state index contributed by atoms with van der Waals surface area (Å²) in [6.45, 7) is 9.41. The van der Waals surface area contributed by atoms with Crippen molar-refractivity contribution in [2.75, 3.05) is 0 Å². The third-order valence-electron chi connectivity index (χ3n) is 4.33. The quantitative estimate of drug-likeness (QED) is 0.535. The van der Waals surface area contributed by atoms with Crippen LogP contribution >= 0.6 is 0 Å². The van der Waals surface area contributed by atoms with Crippen LogP contribution in [0.1, 0.15) is 41.0 Å². The zero-order valence-corrected chi connectivity index (χ0v) is 15.8. The lowest BCUT2D eigenvalue weighted by Gasteiger charge is -2.20. The van der Waals surface area contributed by atoms with Crippen LogP contribution in [0.3, 0.4) is 0 Å². The Hall–Kier alpha value is -2.69. The summed E-state index contributed by atoms with van der Waals surface area (Å²) in [5.74, 6) is 2.21. The molecule has 0 amide bonds. The van der Waals surface area contributed by atoms with Gasteiger partial charge in [-0.05, 0) is 56.7 Å². The summed E-state index contributed by atoms with van der Waals surface area (Å²) in [5.41, 5.74) is -0.505. The molecule has 0 aliphatic carbocycles. The zero-order valence-electron chi connectivity index (χ0n) is 15.8. The molecule has 0 unspecified atom stereocenters. The molecule has 0 N–H and O–H groups in total. The van der Waals surface area contributed by atoms with Gasteiger partial charge in [0.25, 0.3) is 0 Å². The van der Waals surface area contributed by atoms with E-state index in [2.05, 4.69) is 0 Å². The van der Waals surface area contributed by atoms with E-state index >= 15 is 0 Å². The van der Waals surface area contributed by atoms with E-state index in [4.69, 9.17) is 18.9 Å². The first-order chi connectivity index (χ1) is 12.2. The molecular weight excluding hydrogens is 332 g/mol. The molecule has 5 heteroatoms. The van der Waals surface area contributed by atoms with Gasteiger partial charge in [0.2, 0.25) is 5.79 Å². The van der Waals surface area contributed by atoms with E-state index in [9.17, 15) is 4.79 Å². The maximum atomic E-state index is 12.1. The Morgan fingerprint density at radius 1 is 0.962 bits per heavy atom. The molecule has 3 rings (SSSR count). The summed E-state index contributed by atoms with van der Waals surface area (Å²) in [6, 6.07) is 12.4. The molecule has 0 saturated heterocycles. The SMILES string of the molecule is CCC(C)(C)C(=O)Oc1ccc(Oc2ccc3c(c2)OC(C)(C)O3)cc1. The Labute approximate surface area is 153 Å². The molecule has 0 atom stereocenters. The number of carbonyl (C=O) groups is 1. The molecule has 5 nitrogen and oxygen atoms in total. The van der Waals surface area contributed by atoms with Gasteiger partial charge in [0.05, 0.1) is 5.41 Å². The molecule has 1 aliphatic rings. The molecule has 26 heavy (non-hydrogen) atoms. The number of hydrogen-bond acceptors (Lipinski definition) is 5. The molecule has 0 bridgehead atoms. The summed E-state index contributed by atoms with van der Waals surface area (Å²) < 4.78 is 22.7. The molecule has 138 valence electrons. The third kappa shape index (κ3) is 3.93. The number of rotatable bonds is 5. The topological polar surface area (TPSA) is 54.0 Å². The van der Waals surface area contributed by atoms with E-state index in [1.54, 1.807) is 30.3 Å². The maximum absolute atomic E-state index is 12.1. The highest BCUT2D eigenvalue weighted by atomic mass is 16.7. The van der Waals surface area contributed by atoms with Crippen LogP contribution in [-0.2, 0) is 4.79 Å². The minimum atomic E-state index is -0.668. The standard InChI is InChI=1S/C21H24O5/c1-6-20(2,3)19(22)24-15-9-7-14(8-10-15)23-16-11-12-17-18(13-16)26-21(4,5)25-17/h7-13H,6H2,1-5H3. The molecule has 0 spiro atoms. The van der Waals surface area contributed by atoms with Gasteiger partial charge in [-0.1, -0.05) is 6.92 Å². The van der Waals surface area contributed by atoms with Crippen molar-refractivity contribution in [3.8, 4) is 28.7 Å². The van der Waals surface area contributed by atoms with Crippen LogP contribution in [0, 0.1) is 5.41 Å². The van der Waals surface area contributed by atoms with Crippen molar-refractivity contribution in [2.45, 2.75) is 46.8 Å². The minimum Gasteiger partial charge on any atom is -0.457 e. The van der Waals surface area contributed by atoms with Crippen LogP contribution in [0.25, 0.3) is 0 Å². The van der Waals surface area contributed by atoms with Crippen molar-refractivity contribution in [1.29, 1.82) is 0 Å². The fraction of sp³-hybridized carbons (Fsp3) is 0.381. The molecule has 0 saturated carbocycles. The first-order valence-corrected chi connectivity index (χ1v) is 8.71. The Balaban J connectivity index is 1.66. The van der Waals surface area contributed by atoms with Gasteiger partial charge in [-0.2, -0.15) is 0 Å². The Bertz CT molecular complexity index is 806. The van der Waals surface area contributed by atoms with E-state index in [0.717, 1.165) is 0 Å². The number of esters is 1. The molecule has 0 radical (unpaired) electrons. The summed E-state index contributed by atoms with van der Waals surface area (Å²) in [4.78, 5) is 12.1. The van der Waals surface area contributed by atoms with E-state index < -0.39 is 11.2 Å². The summed E-state index contributed by atoms with van der Waals surface area (Å²) >= 11 is 0. The van der Waals surface area contributed by atoms with Gasteiger partial charge in [-0.15, -0.1) is 0 Å². The maximum Gasteiger partial charge on any atom is 0.316 e. The van der Waals surface area contributed by atoms with Gasteiger partial charge < -0.3 is 18.9 Å². The van der Waals surface area contributed by atoms with Crippen LogP contribution in [0.2, 0.25) is 0 Å². The number of fused-ring (bicyclic) bond motifs is 1. The predicted octanol–water partition coefficient (Wildman–Crippen LogP) is 5.33. The highest BCUT2D eigenvalue weighted by molar-refractivity contribution is 5.78. The van der Waals surface area contributed by atoms with Gasteiger partial charge in [-0.25, -0.2) is 0 Å². The minimum absolute atomic E-state index is 0.243. The summed E-state index contributed by atoms with van der Waals surface area (Å²) in [6.07, 6.45) is 0.716. The van der Waals surface area contributed by atoms with Crippen molar-refractivity contribution in [1.82, 2.24) is 0 Å². The highest BCUT2D eigenvalue weighted by Gasteiger charge is 2.32. The van der Waals surface area contributed by atoms with Crippen LogP contribution in [-0.4, -0.2) is 11.8 Å². The smallest absolute Gasteiger partial charge is 0.316 e. The molecule has 0 aromatic heterocycles. The first kappa shape index (κ1) is 18.1. The van der Waals surface area contributed by atoms with Crippen LogP contribution in [0.4, 0.5) is 0 Å². The molecule has 2 aromatic carbocycles. The lowest BCUT2D eigenvalue weighted by molar-refractivity contribution is -0.144. The van der Waals surface area contributed by atoms with Crippen molar-refractivity contribution >= 4 is 5.97 Å². The second kappa shape index (κ2) is 6.56. The van der Waals surface area contributed by atoms with Crippen molar-refractivity contribution < 1.29 is 23.7 Å². The van der Waals surface area contributed by atoms with Crippen molar-refractivity contribution in [2.24, 2.45) is 5.41 Å². The average molecular weight is 356 g/mol. The normalized spacial score (nSPS) is 14.8. The third-order valence-corrected chi connectivity index (χ3v) is 4.33. The second-order valence-electron chi connectivity index (χ2n) is 7.41. The molecule has 0 fully saturated rings. The highest BCUT2D eigenvalue weighted by Crippen LogP contribution is 2.42. The number of ether oxygens (including phenoxy) is 4. The fourth-order valence-corrected chi connectivity index (χ4v) is 2.37. The molecular formula is C21H24O5. The summed E-state index contributed by atoms with van der Waals surface area (Å²) in [7, 11) is 0. The number of carbonyl (C=O) groups excluding carboxylic acids is 1. The Kier molecular flexibility index (Phi) is 4.57. The lowest BCUT2D eigenvalue weighted by Crippen LogP contribution is -2.29. The number of benzene rings is 2. The van der Waals surface area contributed by atoms with E-state index in [1.807, 2.05) is 46.8 Å². The molecule has 2 aromatic rings. The Morgan fingerprint density at radius 3 is 2.19 bits per heavy atom. The van der Waals surface area contributed by atoms with Gasteiger partial charge in [0, 0.05) is 19.9 Å². The van der Waals surface area contributed by atoms with Gasteiger partial charge >= 0.3 is 5.97 Å².